The second-order valence-electron chi connectivity index (χ2n) is 5.90. The molecule has 0 aliphatic heterocycles. The Kier molecular flexibility index (Phi) is 4.69. The molecule has 27 heavy (non-hydrogen) atoms. The van der Waals surface area contributed by atoms with Gasteiger partial charge in [0.05, 0.1) is 28.7 Å². The number of hydrogen-bond acceptors (Lipinski definition) is 3. The quantitative estimate of drug-likeness (QED) is 0.692. The molecule has 0 spiro atoms. The second kappa shape index (κ2) is 6.82. The lowest BCUT2D eigenvalue weighted by Crippen LogP contribution is -2.14. The van der Waals surface area contributed by atoms with Gasteiger partial charge in [0.25, 0.3) is 5.91 Å². The van der Waals surface area contributed by atoms with E-state index in [-0.39, 0.29) is 17.1 Å². The maximum Gasteiger partial charge on any atom is 0.417 e. The Morgan fingerprint density at radius 3 is 2.44 bits per heavy atom. The van der Waals surface area contributed by atoms with Gasteiger partial charge in [-0.05, 0) is 43.7 Å². The summed E-state index contributed by atoms with van der Waals surface area (Å²) in [5.41, 5.74) is 0.348. The predicted octanol–water partition coefficient (Wildman–Crippen LogP) is 4.29. The molecule has 0 unspecified atom stereocenters. The summed E-state index contributed by atoms with van der Waals surface area (Å²) in [5, 5.41) is 6.45. The molecular weight excluding hydrogens is 364 g/mol. The van der Waals surface area contributed by atoms with E-state index < -0.39 is 23.5 Å². The van der Waals surface area contributed by atoms with E-state index in [1.54, 1.807) is 19.9 Å². The molecule has 3 rings (SSSR count). The van der Waals surface area contributed by atoms with Crippen molar-refractivity contribution >= 4 is 11.6 Å². The molecule has 9 heteroatoms. The first-order valence-corrected chi connectivity index (χ1v) is 7.82. The summed E-state index contributed by atoms with van der Waals surface area (Å²) in [5.74, 6) is -1.03. The number of aromatic nitrogens is 3. The van der Waals surface area contributed by atoms with Crippen LogP contribution in [0.4, 0.5) is 23.2 Å². The fraction of sp³-hybridized carbons (Fsp3) is 0.167. The highest BCUT2D eigenvalue weighted by Crippen LogP contribution is 2.29. The molecule has 0 atom stereocenters. The summed E-state index contributed by atoms with van der Waals surface area (Å²) in [6, 6.07) is 6.42. The number of hydrogen-bond donors (Lipinski definition) is 1. The van der Waals surface area contributed by atoms with Gasteiger partial charge in [-0.3, -0.25) is 4.79 Å². The number of halogens is 4. The first-order valence-electron chi connectivity index (χ1n) is 7.82. The average Bonchev–Trinajstić information content (AvgIpc) is 2.98. The number of nitrogens with one attached hydrogen (secondary N) is 1. The Morgan fingerprint density at radius 1 is 1.11 bits per heavy atom. The summed E-state index contributed by atoms with van der Waals surface area (Å²) in [4.78, 5) is 16.1. The molecule has 0 fully saturated rings. The Morgan fingerprint density at radius 2 is 1.85 bits per heavy atom. The highest BCUT2D eigenvalue weighted by atomic mass is 19.4. The summed E-state index contributed by atoms with van der Waals surface area (Å²) < 4.78 is 53.0. The van der Waals surface area contributed by atoms with Crippen LogP contribution in [0.5, 0.6) is 0 Å². The number of alkyl halides is 3. The molecule has 0 aliphatic rings. The van der Waals surface area contributed by atoms with Gasteiger partial charge in [-0.25, -0.2) is 14.1 Å². The van der Waals surface area contributed by atoms with Crippen molar-refractivity contribution < 1.29 is 22.4 Å². The standard InChI is InChI=1S/C18H14F4N4O/c1-10-3-5-15(14(19)7-10)25-17(27)13-9-24-26(11(13)2)16-6-4-12(8-23-16)18(20,21)22/h3-9H,1-2H3,(H,25,27). The van der Waals surface area contributed by atoms with Gasteiger partial charge in [0.2, 0.25) is 0 Å². The van der Waals surface area contributed by atoms with Crippen LogP contribution < -0.4 is 5.32 Å². The number of carbonyl (C=O) groups is 1. The van der Waals surface area contributed by atoms with E-state index in [4.69, 9.17) is 0 Å². The molecule has 1 N–H and O–H groups in total. The highest BCUT2D eigenvalue weighted by molar-refractivity contribution is 6.05. The lowest BCUT2D eigenvalue weighted by Gasteiger charge is -2.09. The van der Waals surface area contributed by atoms with Crippen LogP contribution in [0.15, 0.2) is 42.7 Å². The topological polar surface area (TPSA) is 59.8 Å². The van der Waals surface area contributed by atoms with Gasteiger partial charge in [0, 0.05) is 6.20 Å². The fourth-order valence-corrected chi connectivity index (χ4v) is 2.45. The van der Waals surface area contributed by atoms with Gasteiger partial charge < -0.3 is 5.32 Å². The number of nitrogens with zero attached hydrogens (tertiary/aromatic N) is 3. The summed E-state index contributed by atoms with van der Waals surface area (Å²) in [6.07, 6.45) is -2.55. The van der Waals surface area contributed by atoms with Gasteiger partial charge in [-0.2, -0.15) is 18.3 Å². The second-order valence-corrected chi connectivity index (χ2v) is 5.90. The third-order valence-electron chi connectivity index (χ3n) is 3.92. The van der Waals surface area contributed by atoms with Crippen molar-refractivity contribution in [3.05, 3.63) is 70.9 Å². The van der Waals surface area contributed by atoms with E-state index >= 15 is 0 Å². The van der Waals surface area contributed by atoms with E-state index in [1.165, 1.54) is 23.0 Å². The molecule has 0 saturated carbocycles. The number of carbonyl (C=O) groups excluding carboxylic acids is 1. The number of aryl methyl sites for hydroxylation is 1. The molecule has 5 nitrogen and oxygen atoms in total. The highest BCUT2D eigenvalue weighted by Gasteiger charge is 2.30. The summed E-state index contributed by atoms with van der Waals surface area (Å²) in [7, 11) is 0. The van der Waals surface area contributed by atoms with Crippen LogP contribution >= 0.6 is 0 Å². The third kappa shape index (κ3) is 3.81. The molecule has 2 heterocycles. The number of pyridine rings is 1. The van der Waals surface area contributed by atoms with Crippen LogP contribution in [0.3, 0.4) is 0 Å². The monoisotopic (exact) mass is 378 g/mol. The zero-order chi connectivity index (χ0) is 19.8. The molecule has 1 aromatic carbocycles. The molecule has 0 saturated heterocycles. The van der Waals surface area contributed by atoms with E-state index in [2.05, 4.69) is 15.4 Å². The van der Waals surface area contributed by atoms with Crippen molar-refractivity contribution in [3.8, 4) is 5.82 Å². The molecular formula is C18H14F4N4O. The molecule has 3 aromatic rings. The van der Waals surface area contributed by atoms with Crippen LogP contribution in [0.2, 0.25) is 0 Å². The molecule has 0 radical (unpaired) electrons. The molecule has 140 valence electrons. The predicted molar refractivity (Wildman–Crippen MR) is 90.2 cm³/mol. The Bertz CT molecular complexity index is 994. The normalized spacial score (nSPS) is 11.5. The smallest absolute Gasteiger partial charge is 0.319 e. The largest absolute Gasteiger partial charge is 0.417 e. The maximum atomic E-state index is 13.9. The minimum atomic E-state index is -4.49. The van der Waals surface area contributed by atoms with E-state index in [0.29, 0.717) is 17.5 Å². The van der Waals surface area contributed by atoms with Crippen molar-refractivity contribution in [1.82, 2.24) is 14.8 Å². The molecule has 0 bridgehead atoms. The first kappa shape index (κ1) is 18.6. The zero-order valence-electron chi connectivity index (χ0n) is 14.3. The molecule has 0 aliphatic carbocycles. The minimum absolute atomic E-state index is 0.0189. The van der Waals surface area contributed by atoms with Crippen molar-refractivity contribution in [1.29, 1.82) is 0 Å². The van der Waals surface area contributed by atoms with Crippen LogP contribution in [0.1, 0.15) is 27.2 Å². The van der Waals surface area contributed by atoms with Crippen molar-refractivity contribution in [2.75, 3.05) is 5.32 Å². The fourth-order valence-electron chi connectivity index (χ4n) is 2.45. The van der Waals surface area contributed by atoms with Crippen LogP contribution in [0, 0.1) is 19.7 Å². The number of rotatable bonds is 3. The minimum Gasteiger partial charge on any atom is -0.319 e. The maximum absolute atomic E-state index is 13.9. The lowest BCUT2D eigenvalue weighted by molar-refractivity contribution is -0.137. The summed E-state index contributed by atoms with van der Waals surface area (Å²) in [6.45, 7) is 3.28. The number of anilines is 1. The molecule has 1 amide bonds. The SMILES string of the molecule is Cc1ccc(NC(=O)c2cnn(-c3ccc(C(F)(F)F)cn3)c2C)c(F)c1. The van der Waals surface area contributed by atoms with Gasteiger partial charge in [-0.15, -0.1) is 0 Å². The first-order chi connectivity index (χ1) is 12.7. The number of benzene rings is 1. The van der Waals surface area contributed by atoms with Crippen LogP contribution in [-0.2, 0) is 6.18 Å². The van der Waals surface area contributed by atoms with Crippen molar-refractivity contribution in [2.24, 2.45) is 0 Å². The Hall–Kier alpha value is -3.23. The average molecular weight is 378 g/mol. The molecule has 2 aromatic heterocycles. The van der Waals surface area contributed by atoms with Gasteiger partial charge >= 0.3 is 6.18 Å². The van der Waals surface area contributed by atoms with Crippen molar-refractivity contribution in [2.45, 2.75) is 20.0 Å². The Balaban J connectivity index is 1.85. The van der Waals surface area contributed by atoms with Gasteiger partial charge in [0.15, 0.2) is 5.82 Å². The van der Waals surface area contributed by atoms with E-state index in [0.717, 1.165) is 12.1 Å². The Labute approximate surface area is 151 Å². The van der Waals surface area contributed by atoms with Gasteiger partial charge in [-0.1, -0.05) is 6.07 Å². The van der Waals surface area contributed by atoms with E-state index in [1.807, 2.05) is 0 Å². The van der Waals surface area contributed by atoms with Crippen LogP contribution in [0.25, 0.3) is 5.82 Å². The summed E-state index contributed by atoms with van der Waals surface area (Å²) >= 11 is 0. The van der Waals surface area contributed by atoms with Crippen molar-refractivity contribution in [3.63, 3.8) is 0 Å². The third-order valence-corrected chi connectivity index (χ3v) is 3.92. The van der Waals surface area contributed by atoms with Gasteiger partial charge in [0.1, 0.15) is 5.82 Å². The number of amides is 1. The van der Waals surface area contributed by atoms with E-state index in [9.17, 15) is 22.4 Å². The zero-order valence-corrected chi connectivity index (χ0v) is 14.3. The van der Waals surface area contributed by atoms with Crippen LogP contribution in [-0.4, -0.2) is 20.7 Å². The lowest BCUT2D eigenvalue weighted by atomic mass is 10.2.